The predicted molar refractivity (Wildman–Crippen MR) is 102 cm³/mol. The molecule has 2 aromatic carbocycles. The second kappa shape index (κ2) is 10.3. The Balaban J connectivity index is 1.92. The van der Waals surface area contributed by atoms with Crippen LogP contribution in [0.1, 0.15) is 34.8 Å². The zero-order valence-electron chi connectivity index (χ0n) is 14.9. The first-order valence-electron chi connectivity index (χ1n) is 8.45. The van der Waals surface area contributed by atoms with Gasteiger partial charge < -0.3 is 15.4 Å². The van der Waals surface area contributed by atoms with E-state index in [0.29, 0.717) is 16.1 Å². The Labute approximate surface area is 162 Å². The summed E-state index contributed by atoms with van der Waals surface area (Å²) in [4.78, 5) is 35.9. The highest BCUT2D eigenvalue weighted by molar-refractivity contribution is 6.31. The van der Waals surface area contributed by atoms with Crippen LogP contribution in [-0.4, -0.2) is 31.4 Å². The normalized spacial score (nSPS) is 11.3. The molecular formula is C20H21ClN2O4. The molecule has 0 saturated heterocycles. The Bertz CT molecular complexity index is 796. The summed E-state index contributed by atoms with van der Waals surface area (Å²) in [6.07, 6.45) is 0.0308. The lowest BCUT2D eigenvalue weighted by atomic mass is 10.0. The minimum absolute atomic E-state index is 0.0393. The summed E-state index contributed by atoms with van der Waals surface area (Å²) in [7, 11) is 1.28. The van der Waals surface area contributed by atoms with Gasteiger partial charge in [0.1, 0.15) is 0 Å². The smallest absolute Gasteiger partial charge is 0.307 e. The summed E-state index contributed by atoms with van der Waals surface area (Å²) in [5.41, 5.74) is 1.16. The Kier molecular flexibility index (Phi) is 7.82. The van der Waals surface area contributed by atoms with E-state index in [1.54, 1.807) is 48.5 Å². The van der Waals surface area contributed by atoms with Crippen molar-refractivity contribution in [3.8, 4) is 0 Å². The van der Waals surface area contributed by atoms with Gasteiger partial charge in [0.15, 0.2) is 0 Å². The zero-order chi connectivity index (χ0) is 19.6. The van der Waals surface area contributed by atoms with Crippen molar-refractivity contribution in [1.29, 1.82) is 0 Å². The number of hydrogen-bond acceptors (Lipinski definition) is 4. The van der Waals surface area contributed by atoms with E-state index in [1.165, 1.54) is 7.11 Å². The molecule has 27 heavy (non-hydrogen) atoms. The Morgan fingerprint density at radius 2 is 1.70 bits per heavy atom. The number of amides is 2. The van der Waals surface area contributed by atoms with E-state index in [2.05, 4.69) is 10.6 Å². The van der Waals surface area contributed by atoms with Crippen LogP contribution < -0.4 is 10.6 Å². The summed E-state index contributed by atoms with van der Waals surface area (Å²) in [6, 6.07) is 15.1. The van der Waals surface area contributed by atoms with Gasteiger partial charge >= 0.3 is 5.97 Å². The van der Waals surface area contributed by atoms with Crippen molar-refractivity contribution in [3.63, 3.8) is 0 Å². The first-order chi connectivity index (χ1) is 13.0. The molecule has 0 aliphatic rings. The van der Waals surface area contributed by atoms with E-state index in [0.717, 1.165) is 0 Å². The van der Waals surface area contributed by atoms with Crippen LogP contribution in [0.5, 0.6) is 0 Å². The minimum Gasteiger partial charge on any atom is -0.469 e. The second-order valence-electron chi connectivity index (χ2n) is 5.79. The van der Waals surface area contributed by atoms with Gasteiger partial charge in [-0.1, -0.05) is 48.0 Å². The highest BCUT2D eigenvalue weighted by atomic mass is 35.5. The van der Waals surface area contributed by atoms with Gasteiger partial charge in [0.05, 0.1) is 19.6 Å². The van der Waals surface area contributed by atoms with Crippen molar-refractivity contribution < 1.29 is 19.1 Å². The molecule has 0 spiro atoms. The lowest BCUT2D eigenvalue weighted by Crippen LogP contribution is -2.34. The molecule has 0 fully saturated rings. The Morgan fingerprint density at radius 3 is 2.37 bits per heavy atom. The van der Waals surface area contributed by atoms with Crippen LogP contribution in [0.3, 0.4) is 0 Å². The summed E-state index contributed by atoms with van der Waals surface area (Å²) in [6.45, 7) is 0.174. The summed E-state index contributed by atoms with van der Waals surface area (Å²) in [5, 5.41) is 5.91. The van der Waals surface area contributed by atoms with E-state index in [9.17, 15) is 14.4 Å². The van der Waals surface area contributed by atoms with Crippen molar-refractivity contribution in [2.75, 3.05) is 13.7 Å². The third-order valence-electron chi connectivity index (χ3n) is 3.89. The number of hydrogen-bond donors (Lipinski definition) is 2. The van der Waals surface area contributed by atoms with Crippen molar-refractivity contribution in [1.82, 2.24) is 10.6 Å². The van der Waals surface area contributed by atoms with Gasteiger partial charge in [-0.25, -0.2) is 0 Å². The molecule has 0 saturated carbocycles. The van der Waals surface area contributed by atoms with Crippen molar-refractivity contribution in [2.45, 2.75) is 18.9 Å². The highest BCUT2D eigenvalue weighted by Gasteiger charge is 2.21. The van der Waals surface area contributed by atoms with Crippen LogP contribution in [0.4, 0.5) is 0 Å². The molecule has 0 radical (unpaired) electrons. The number of rotatable bonds is 8. The summed E-state index contributed by atoms with van der Waals surface area (Å²) >= 11 is 6.18. The van der Waals surface area contributed by atoms with Crippen LogP contribution in [0.25, 0.3) is 0 Å². The molecule has 0 aliphatic carbocycles. The topological polar surface area (TPSA) is 84.5 Å². The Morgan fingerprint density at radius 1 is 1.04 bits per heavy atom. The van der Waals surface area contributed by atoms with Crippen LogP contribution in [0, 0.1) is 0 Å². The predicted octanol–water partition coefficient (Wildman–Crippen LogP) is 2.88. The molecule has 2 amide bonds. The average molecular weight is 389 g/mol. The summed E-state index contributed by atoms with van der Waals surface area (Å²) in [5.74, 6) is -1.02. The van der Waals surface area contributed by atoms with Crippen molar-refractivity contribution >= 4 is 29.4 Å². The maximum absolute atomic E-state index is 12.3. The monoisotopic (exact) mass is 388 g/mol. The first kappa shape index (κ1) is 20.5. The number of carbonyl (C=O) groups is 3. The summed E-state index contributed by atoms with van der Waals surface area (Å²) < 4.78 is 4.69. The van der Waals surface area contributed by atoms with Crippen LogP contribution >= 0.6 is 11.6 Å². The number of carbonyl (C=O) groups excluding carboxylic acids is 3. The van der Waals surface area contributed by atoms with Crippen LogP contribution in [0.15, 0.2) is 54.6 Å². The number of esters is 1. The molecule has 2 rings (SSSR count). The maximum atomic E-state index is 12.3. The molecular weight excluding hydrogens is 368 g/mol. The van der Waals surface area contributed by atoms with Gasteiger partial charge in [-0.3, -0.25) is 14.4 Å². The SMILES string of the molecule is COC(=O)C[C@H](NC(=O)CCNC(=O)c1ccccc1)c1ccccc1Cl. The van der Waals surface area contributed by atoms with Gasteiger partial charge in [0.25, 0.3) is 5.91 Å². The quantitative estimate of drug-likeness (QED) is 0.681. The molecule has 6 nitrogen and oxygen atoms in total. The van der Waals surface area contributed by atoms with Crippen LogP contribution in [0.2, 0.25) is 5.02 Å². The lowest BCUT2D eigenvalue weighted by Gasteiger charge is -2.19. The lowest BCUT2D eigenvalue weighted by molar-refractivity contribution is -0.141. The van der Waals surface area contributed by atoms with Crippen molar-refractivity contribution in [2.24, 2.45) is 0 Å². The van der Waals surface area contributed by atoms with Gasteiger partial charge in [0.2, 0.25) is 5.91 Å². The standard InChI is InChI=1S/C20H21ClN2O4/c1-27-19(25)13-17(15-9-5-6-10-16(15)21)23-18(24)11-12-22-20(26)14-7-3-2-4-8-14/h2-10,17H,11-13H2,1H3,(H,22,26)(H,23,24)/t17-/m0/s1. The van der Waals surface area contributed by atoms with E-state index >= 15 is 0 Å². The molecule has 7 heteroatoms. The molecule has 0 unspecified atom stereocenters. The van der Waals surface area contributed by atoms with E-state index in [-0.39, 0.29) is 31.2 Å². The van der Waals surface area contributed by atoms with Crippen molar-refractivity contribution in [3.05, 3.63) is 70.7 Å². The third kappa shape index (κ3) is 6.42. The third-order valence-corrected chi connectivity index (χ3v) is 4.23. The fourth-order valence-corrected chi connectivity index (χ4v) is 2.76. The second-order valence-corrected chi connectivity index (χ2v) is 6.20. The fourth-order valence-electron chi connectivity index (χ4n) is 2.49. The molecule has 2 N–H and O–H groups in total. The molecule has 2 aromatic rings. The molecule has 1 atom stereocenters. The number of benzene rings is 2. The zero-order valence-corrected chi connectivity index (χ0v) is 15.7. The van der Waals surface area contributed by atoms with Gasteiger partial charge in [-0.15, -0.1) is 0 Å². The van der Waals surface area contributed by atoms with Gasteiger partial charge in [-0.2, -0.15) is 0 Å². The number of methoxy groups -OCH3 is 1. The Hall–Kier alpha value is -2.86. The molecule has 0 heterocycles. The largest absolute Gasteiger partial charge is 0.469 e. The number of ether oxygens (including phenoxy) is 1. The van der Waals surface area contributed by atoms with E-state index in [4.69, 9.17) is 16.3 Å². The fraction of sp³-hybridized carbons (Fsp3) is 0.250. The van der Waals surface area contributed by atoms with E-state index in [1.807, 2.05) is 6.07 Å². The van der Waals surface area contributed by atoms with Crippen LogP contribution in [-0.2, 0) is 14.3 Å². The minimum atomic E-state index is -0.608. The molecule has 142 valence electrons. The molecule has 0 aromatic heterocycles. The van der Waals surface area contributed by atoms with Gasteiger partial charge in [0, 0.05) is 23.6 Å². The number of nitrogens with one attached hydrogen (secondary N) is 2. The first-order valence-corrected chi connectivity index (χ1v) is 8.83. The molecule has 0 aliphatic heterocycles. The van der Waals surface area contributed by atoms with Gasteiger partial charge in [-0.05, 0) is 23.8 Å². The number of halogens is 1. The highest BCUT2D eigenvalue weighted by Crippen LogP contribution is 2.25. The average Bonchev–Trinajstić information content (AvgIpc) is 2.68. The maximum Gasteiger partial charge on any atom is 0.307 e. The van der Waals surface area contributed by atoms with E-state index < -0.39 is 12.0 Å². The molecule has 0 bridgehead atoms.